The van der Waals surface area contributed by atoms with Crippen LogP contribution in [-0.2, 0) is 0 Å². The summed E-state index contributed by atoms with van der Waals surface area (Å²) in [6.45, 7) is 7.01. The van der Waals surface area contributed by atoms with Gasteiger partial charge in [0, 0.05) is 18.0 Å². The number of carbonyl (C=O) groups excluding carboxylic acids is 1. The molecule has 0 aliphatic heterocycles. The third kappa shape index (κ3) is 3.11. The van der Waals surface area contributed by atoms with Gasteiger partial charge < -0.3 is 11.1 Å². The molecule has 0 atom stereocenters. The van der Waals surface area contributed by atoms with Crippen LogP contribution >= 0.6 is 11.3 Å². The molecule has 0 unspecified atom stereocenters. The van der Waals surface area contributed by atoms with Crippen molar-refractivity contribution < 1.29 is 4.79 Å². The van der Waals surface area contributed by atoms with Crippen molar-refractivity contribution in [3.8, 4) is 0 Å². The van der Waals surface area contributed by atoms with Gasteiger partial charge in [-0.3, -0.25) is 4.79 Å². The first-order chi connectivity index (χ1) is 9.06. The van der Waals surface area contributed by atoms with Crippen LogP contribution in [0.5, 0.6) is 0 Å². The minimum absolute atomic E-state index is 0.0106. The molecule has 0 saturated heterocycles. The SMILES string of the molecule is CCCCNc1sc(C(=O)C(C)C)c(N)c1C1CC1. The molecule has 106 valence electrons. The van der Waals surface area contributed by atoms with Crippen molar-refractivity contribution >= 4 is 27.8 Å². The van der Waals surface area contributed by atoms with Crippen LogP contribution < -0.4 is 11.1 Å². The summed E-state index contributed by atoms with van der Waals surface area (Å²) < 4.78 is 0. The molecule has 2 rings (SSSR count). The fourth-order valence-corrected chi connectivity index (χ4v) is 3.51. The van der Waals surface area contributed by atoms with E-state index < -0.39 is 0 Å². The average molecular weight is 280 g/mol. The topological polar surface area (TPSA) is 55.1 Å². The van der Waals surface area contributed by atoms with Gasteiger partial charge >= 0.3 is 0 Å². The Balaban J connectivity index is 2.25. The number of thiophene rings is 1. The number of hydrogen-bond acceptors (Lipinski definition) is 4. The van der Waals surface area contributed by atoms with Crippen LogP contribution in [0.15, 0.2) is 0 Å². The standard InChI is InChI=1S/C15H24N2OS/c1-4-5-8-17-15-11(10-6-7-10)12(16)14(19-15)13(18)9(2)3/h9-10,17H,4-8,16H2,1-3H3. The van der Waals surface area contributed by atoms with Gasteiger partial charge in [0.15, 0.2) is 5.78 Å². The van der Waals surface area contributed by atoms with Crippen molar-refractivity contribution in [3.63, 3.8) is 0 Å². The number of carbonyl (C=O) groups is 1. The van der Waals surface area contributed by atoms with E-state index in [9.17, 15) is 4.79 Å². The van der Waals surface area contributed by atoms with Crippen LogP contribution in [0.3, 0.4) is 0 Å². The Labute approximate surface area is 119 Å². The van der Waals surface area contributed by atoms with Gasteiger partial charge in [-0.25, -0.2) is 0 Å². The van der Waals surface area contributed by atoms with Gasteiger partial charge in [-0.2, -0.15) is 0 Å². The van der Waals surface area contributed by atoms with E-state index in [4.69, 9.17) is 5.73 Å². The zero-order valence-electron chi connectivity index (χ0n) is 12.1. The number of nitrogens with two attached hydrogens (primary N) is 1. The van der Waals surface area contributed by atoms with Crippen LogP contribution in [0.2, 0.25) is 0 Å². The molecule has 0 amide bonds. The van der Waals surface area contributed by atoms with Crippen molar-refractivity contribution in [2.45, 2.75) is 52.4 Å². The molecule has 1 heterocycles. The summed E-state index contributed by atoms with van der Waals surface area (Å²) >= 11 is 1.56. The molecule has 0 bridgehead atoms. The number of nitrogens with one attached hydrogen (secondary N) is 1. The van der Waals surface area contributed by atoms with Gasteiger partial charge in [0.25, 0.3) is 0 Å². The van der Waals surface area contributed by atoms with Crippen LogP contribution in [0, 0.1) is 5.92 Å². The van der Waals surface area contributed by atoms with Crippen LogP contribution in [0.4, 0.5) is 10.7 Å². The highest BCUT2D eigenvalue weighted by Crippen LogP contribution is 2.51. The van der Waals surface area contributed by atoms with Crippen molar-refractivity contribution in [3.05, 3.63) is 10.4 Å². The summed E-state index contributed by atoms with van der Waals surface area (Å²) in [4.78, 5) is 13.0. The number of rotatable bonds is 7. The van der Waals surface area contributed by atoms with Crippen molar-refractivity contribution in [1.82, 2.24) is 0 Å². The Morgan fingerprint density at radius 1 is 1.47 bits per heavy atom. The predicted molar refractivity (Wildman–Crippen MR) is 83.3 cm³/mol. The first kappa shape index (κ1) is 14.4. The molecule has 1 aromatic heterocycles. The van der Waals surface area contributed by atoms with Gasteiger partial charge in [-0.15, -0.1) is 11.3 Å². The molecule has 19 heavy (non-hydrogen) atoms. The highest BCUT2D eigenvalue weighted by atomic mass is 32.1. The predicted octanol–water partition coefficient (Wildman–Crippen LogP) is 4.26. The average Bonchev–Trinajstić information content (AvgIpc) is 3.14. The maximum Gasteiger partial charge on any atom is 0.177 e. The molecule has 0 spiro atoms. The summed E-state index contributed by atoms with van der Waals surface area (Å²) in [5, 5.41) is 4.61. The van der Waals surface area contributed by atoms with Crippen molar-refractivity contribution in [1.29, 1.82) is 0 Å². The van der Waals surface area contributed by atoms with Crippen molar-refractivity contribution in [2.24, 2.45) is 5.92 Å². The molecule has 4 heteroatoms. The summed E-state index contributed by atoms with van der Waals surface area (Å²) in [5.74, 6) is 0.763. The summed E-state index contributed by atoms with van der Waals surface area (Å²) in [7, 11) is 0. The molecule has 1 saturated carbocycles. The minimum atomic E-state index is 0.0106. The van der Waals surface area contributed by atoms with Gasteiger partial charge in [-0.05, 0) is 25.2 Å². The van der Waals surface area contributed by atoms with Crippen molar-refractivity contribution in [2.75, 3.05) is 17.6 Å². The molecule has 0 radical (unpaired) electrons. The lowest BCUT2D eigenvalue weighted by Gasteiger charge is -2.06. The number of unbranched alkanes of at least 4 members (excludes halogenated alkanes) is 1. The third-order valence-corrected chi connectivity index (χ3v) is 4.73. The molecular weight excluding hydrogens is 256 g/mol. The second kappa shape index (κ2) is 5.95. The zero-order valence-corrected chi connectivity index (χ0v) is 12.9. The maximum absolute atomic E-state index is 12.2. The minimum Gasteiger partial charge on any atom is -0.397 e. The molecule has 3 N–H and O–H groups in total. The van der Waals surface area contributed by atoms with E-state index in [-0.39, 0.29) is 11.7 Å². The Morgan fingerprint density at radius 2 is 2.16 bits per heavy atom. The number of Topliss-reactive ketones (excluding diaryl/α,β-unsaturated/α-hetero) is 1. The molecule has 0 aromatic carbocycles. The lowest BCUT2D eigenvalue weighted by Crippen LogP contribution is -2.08. The Hall–Kier alpha value is -1.03. The Kier molecular flexibility index (Phi) is 4.50. The van der Waals surface area contributed by atoms with E-state index in [2.05, 4.69) is 12.2 Å². The number of ketones is 1. The zero-order chi connectivity index (χ0) is 14.0. The van der Waals surface area contributed by atoms with E-state index in [0.29, 0.717) is 5.92 Å². The number of anilines is 2. The molecule has 1 aliphatic carbocycles. The monoisotopic (exact) mass is 280 g/mol. The smallest absolute Gasteiger partial charge is 0.177 e. The summed E-state index contributed by atoms with van der Waals surface area (Å²) in [6, 6.07) is 0. The summed E-state index contributed by atoms with van der Waals surface area (Å²) in [6.07, 6.45) is 4.73. The molecule has 1 aromatic rings. The fourth-order valence-electron chi connectivity index (χ4n) is 2.19. The Bertz CT molecular complexity index is 461. The fraction of sp³-hybridized carbons (Fsp3) is 0.667. The lowest BCUT2D eigenvalue weighted by molar-refractivity contribution is 0.0944. The lowest BCUT2D eigenvalue weighted by atomic mass is 10.0. The van der Waals surface area contributed by atoms with Crippen LogP contribution in [0.1, 0.15) is 67.6 Å². The van der Waals surface area contributed by atoms with E-state index in [1.807, 2.05) is 13.8 Å². The van der Waals surface area contributed by atoms with Gasteiger partial charge in [-0.1, -0.05) is 27.2 Å². The van der Waals surface area contributed by atoms with Gasteiger partial charge in [0.05, 0.1) is 15.6 Å². The van der Waals surface area contributed by atoms with Crippen LogP contribution in [0.25, 0.3) is 0 Å². The highest BCUT2D eigenvalue weighted by molar-refractivity contribution is 7.18. The van der Waals surface area contributed by atoms with E-state index >= 15 is 0 Å². The maximum atomic E-state index is 12.2. The normalized spacial score (nSPS) is 14.9. The van der Waals surface area contributed by atoms with E-state index in [0.717, 1.165) is 28.5 Å². The molecule has 1 aliphatic rings. The van der Waals surface area contributed by atoms with Crippen LogP contribution in [-0.4, -0.2) is 12.3 Å². The molecular formula is C15H24N2OS. The van der Waals surface area contributed by atoms with Gasteiger partial charge in [0.1, 0.15) is 0 Å². The third-order valence-electron chi connectivity index (χ3n) is 3.53. The quantitative estimate of drug-likeness (QED) is 0.579. The Morgan fingerprint density at radius 3 is 2.68 bits per heavy atom. The van der Waals surface area contributed by atoms with E-state index in [1.54, 1.807) is 11.3 Å². The first-order valence-electron chi connectivity index (χ1n) is 7.26. The number of hydrogen-bond donors (Lipinski definition) is 2. The molecule has 1 fully saturated rings. The second-order valence-electron chi connectivity index (χ2n) is 5.66. The summed E-state index contributed by atoms with van der Waals surface area (Å²) in [5.41, 5.74) is 8.19. The largest absolute Gasteiger partial charge is 0.397 e. The number of nitrogen functional groups attached to an aromatic ring is 1. The second-order valence-corrected chi connectivity index (χ2v) is 6.68. The highest BCUT2D eigenvalue weighted by Gasteiger charge is 2.33. The van der Waals surface area contributed by atoms with E-state index in [1.165, 1.54) is 24.8 Å². The molecule has 3 nitrogen and oxygen atoms in total. The van der Waals surface area contributed by atoms with Gasteiger partial charge in [0.2, 0.25) is 0 Å². The first-order valence-corrected chi connectivity index (χ1v) is 8.08.